The van der Waals surface area contributed by atoms with Crippen molar-refractivity contribution in [3.8, 4) is 0 Å². The minimum atomic E-state index is 0.456. The number of hydrogen-bond donors (Lipinski definition) is 0. The Kier molecular flexibility index (Phi) is 4.15. The van der Waals surface area contributed by atoms with Gasteiger partial charge in [-0.05, 0) is 52.1 Å². The van der Waals surface area contributed by atoms with E-state index in [9.17, 15) is 0 Å². The van der Waals surface area contributed by atoms with Gasteiger partial charge in [-0.25, -0.2) is 0 Å². The number of aryl methyl sites for hydroxylation is 2. The minimum absolute atomic E-state index is 0.456. The average molecular weight is 290 g/mol. The first-order valence-corrected chi connectivity index (χ1v) is 8.54. The molecule has 3 heteroatoms. The van der Waals surface area contributed by atoms with E-state index in [0.29, 0.717) is 18.0 Å². The smallest absolute Gasteiger partial charge is 0.105 e. The highest BCUT2D eigenvalue weighted by molar-refractivity contribution is 5.24. The Labute approximate surface area is 129 Å². The summed E-state index contributed by atoms with van der Waals surface area (Å²) in [4.78, 5) is 5.47. The first kappa shape index (κ1) is 15.1. The van der Waals surface area contributed by atoms with E-state index in [-0.39, 0.29) is 0 Å². The monoisotopic (exact) mass is 290 g/mol. The van der Waals surface area contributed by atoms with Crippen molar-refractivity contribution in [2.24, 2.45) is 5.92 Å². The third-order valence-electron chi connectivity index (χ3n) is 5.56. The van der Waals surface area contributed by atoms with Crippen molar-refractivity contribution in [2.75, 3.05) is 19.6 Å². The molecule has 0 radical (unpaired) electrons. The van der Waals surface area contributed by atoms with Gasteiger partial charge < -0.3 is 4.42 Å². The molecule has 118 valence electrons. The molecule has 0 amide bonds. The van der Waals surface area contributed by atoms with E-state index in [1.165, 1.54) is 38.0 Å². The molecule has 3 unspecified atom stereocenters. The Morgan fingerprint density at radius 1 is 1.19 bits per heavy atom. The van der Waals surface area contributed by atoms with Crippen LogP contribution in [0.3, 0.4) is 0 Å². The highest BCUT2D eigenvalue weighted by Gasteiger charge is 2.39. The molecule has 1 aromatic heterocycles. The van der Waals surface area contributed by atoms with Gasteiger partial charge in [0, 0.05) is 36.8 Å². The predicted molar refractivity (Wildman–Crippen MR) is 86.5 cm³/mol. The van der Waals surface area contributed by atoms with Crippen LogP contribution in [0.25, 0.3) is 0 Å². The molecule has 21 heavy (non-hydrogen) atoms. The van der Waals surface area contributed by atoms with E-state index < -0.39 is 0 Å². The molecule has 2 fully saturated rings. The second-order valence-electron chi connectivity index (χ2n) is 7.34. The lowest BCUT2D eigenvalue weighted by atomic mass is 9.93. The van der Waals surface area contributed by atoms with E-state index in [2.05, 4.69) is 50.5 Å². The second kappa shape index (κ2) is 5.77. The Balaban J connectivity index is 1.85. The number of fused-ring (bicyclic) bond motifs is 1. The normalized spacial score (nSPS) is 29.0. The summed E-state index contributed by atoms with van der Waals surface area (Å²) in [6.45, 7) is 15.0. The topological polar surface area (TPSA) is 19.6 Å². The van der Waals surface area contributed by atoms with Crippen molar-refractivity contribution in [1.82, 2.24) is 9.80 Å². The Hall–Kier alpha value is -0.800. The quantitative estimate of drug-likeness (QED) is 0.845. The number of piperazine rings is 1. The molecule has 2 saturated heterocycles. The second-order valence-corrected chi connectivity index (χ2v) is 7.34. The highest BCUT2D eigenvalue weighted by Crippen LogP contribution is 2.35. The van der Waals surface area contributed by atoms with Crippen LogP contribution >= 0.6 is 0 Å². The van der Waals surface area contributed by atoms with Crippen molar-refractivity contribution < 1.29 is 4.42 Å². The van der Waals surface area contributed by atoms with E-state index in [0.717, 1.165) is 17.6 Å². The summed E-state index contributed by atoms with van der Waals surface area (Å²) in [5.74, 6) is 2.83. The lowest BCUT2D eigenvalue weighted by molar-refractivity contribution is 0.00371. The van der Waals surface area contributed by atoms with Gasteiger partial charge in [0.25, 0.3) is 0 Å². The molecule has 0 spiro atoms. The third-order valence-corrected chi connectivity index (χ3v) is 5.56. The fourth-order valence-corrected chi connectivity index (χ4v) is 4.35. The van der Waals surface area contributed by atoms with Gasteiger partial charge >= 0.3 is 0 Å². The van der Waals surface area contributed by atoms with Crippen LogP contribution in [-0.2, 0) is 0 Å². The maximum atomic E-state index is 5.77. The molecule has 3 rings (SSSR count). The molecular weight excluding hydrogens is 260 g/mol. The van der Waals surface area contributed by atoms with Gasteiger partial charge in [-0.2, -0.15) is 0 Å². The summed E-state index contributed by atoms with van der Waals surface area (Å²) in [6, 6.07) is 4.12. The van der Waals surface area contributed by atoms with Crippen molar-refractivity contribution in [2.45, 2.75) is 65.6 Å². The molecule has 0 aliphatic carbocycles. The molecule has 3 nitrogen and oxygen atoms in total. The SMILES string of the molecule is Cc1cc(C(C)N2CC3CCCN3CC2C(C)C)c(C)o1. The Morgan fingerprint density at radius 3 is 2.57 bits per heavy atom. The highest BCUT2D eigenvalue weighted by atomic mass is 16.3. The summed E-state index contributed by atoms with van der Waals surface area (Å²) in [5.41, 5.74) is 1.38. The zero-order valence-corrected chi connectivity index (χ0v) is 14.2. The van der Waals surface area contributed by atoms with Crippen LogP contribution < -0.4 is 0 Å². The van der Waals surface area contributed by atoms with Crippen molar-refractivity contribution in [3.05, 3.63) is 23.2 Å². The number of rotatable bonds is 3. The molecule has 1 aromatic rings. The molecule has 3 heterocycles. The van der Waals surface area contributed by atoms with E-state index >= 15 is 0 Å². The number of nitrogens with zero attached hydrogens (tertiary/aromatic N) is 2. The van der Waals surface area contributed by atoms with Gasteiger partial charge in [-0.3, -0.25) is 9.80 Å². The van der Waals surface area contributed by atoms with E-state index in [4.69, 9.17) is 4.42 Å². The van der Waals surface area contributed by atoms with Crippen LogP contribution in [0.15, 0.2) is 10.5 Å². The molecule has 0 saturated carbocycles. The first-order valence-electron chi connectivity index (χ1n) is 8.54. The van der Waals surface area contributed by atoms with Crippen LogP contribution in [0.2, 0.25) is 0 Å². The fraction of sp³-hybridized carbons (Fsp3) is 0.778. The fourth-order valence-electron chi connectivity index (χ4n) is 4.35. The van der Waals surface area contributed by atoms with Crippen molar-refractivity contribution >= 4 is 0 Å². The lowest BCUT2D eigenvalue weighted by Crippen LogP contribution is -2.58. The van der Waals surface area contributed by atoms with Gasteiger partial charge in [0.15, 0.2) is 0 Å². The Bertz CT molecular complexity index is 493. The van der Waals surface area contributed by atoms with Gasteiger partial charge in [-0.15, -0.1) is 0 Å². The lowest BCUT2D eigenvalue weighted by Gasteiger charge is -2.48. The number of furan rings is 1. The predicted octanol–water partition coefficient (Wildman–Crippen LogP) is 3.76. The first-order chi connectivity index (χ1) is 9.97. The van der Waals surface area contributed by atoms with Crippen molar-refractivity contribution in [3.63, 3.8) is 0 Å². The molecule has 0 bridgehead atoms. The van der Waals surface area contributed by atoms with Gasteiger partial charge in [0.2, 0.25) is 0 Å². The summed E-state index contributed by atoms with van der Waals surface area (Å²) in [6.07, 6.45) is 2.75. The van der Waals surface area contributed by atoms with Crippen LogP contribution in [-0.4, -0.2) is 41.5 Å². The zero-order valence-electron chi connectivity index (χ0n) is 14.2. The minimum Gasteiger partial charge on any atom is -0.466 e. The summed E-state index contributed by atoms with van der Waals surface area (Å²) < 4.78 is 5.77. The van der Waals surface area contributed by atoms with Gasteiger partial charge in [0.05, 0.1) is 0 Å². The largest absolute Gasteiger partial charge is 0.466 e. The Morgan fingerprint density at radius 2 is 1.95 bits per heavy atom. The third kappa shape index (κ3) is 2.78. The van der Waals surface area contributed by atoms with Crippen LogP contribution in [0, 0.1) is 19.8 Å². The van der Waals surface area contributed by atoms with Crippen LogP contribution in [0.4, 0.5) is 0 Å². The molecule has 2 aliphatic rings. The van der Waals surface area contributed by atoms with Gasteiger partial charge in [-0.1, -0.05) is 13.8 Å². The molecule has 0 N–H and O–H groups in total. The standard InChI is InChI=1S/C18H30N2O/c1-12(2)18-11-19-8-6-7-16(19)10-20(18)14(4)17-9-13(3)21-15(17)5/h9,12,14,16,18H,6-8,10-11H2,1-5H3. The molecule has 2 aliphatic heterocycles. The van der Waals surface area contributed by atoms with Gasteiger partial charge in [0.1, 0.15) is 11.5 Å². The van der Waals surface area contributed by atoms with Crippen LogP contribution in [0.1, 0.15) is 56.7 Å². The van der Waals surface area contributed by atoms with Crippen LogP contribution in [0.5, 0.6) is 0 Å². The van der Waals surface area contributed by atoms with Crippen molar-refractivity contribution in [1.29, 1.82) is 0 Å². The maximum Gasteiger partial charge on any atom is 0.105 e. The number of hydrogen-bond acceptors (Lipinski definition) is 3. The average Bonchev–Trinajstić information content (AvgIpc) is 3.01. The maximum absolute atomic E-state index is 5.77. The van der Waals surface area contributed by atoms with E-state index in [1.807, 2.05) is 0 Å². The molecule has 3 atom stereocenters. The summed E-state index contributed by atoms with van der Waals surface area (Å²) in [5, 5.41) is 0. The molecular formula is C18H30N2O. The molecule has 0 aromatic carbocycles. The summed E-state index contributed by atoms with van der Waals surface area (Å²) in [7, 11) is 0. The van der Waals surface area contributed by atoms with E-state index in [1.54, 1.807) is 0 Å². The summed E-state index contributed by atoms with van der Waals surface area (Å²) >= 11 is 0. The zero-order chi connectivity index (χ0) is 15.1.